The molecule has 2 atom stereocenters. The summed E-state index contributed by atoms with van der Waals surface area (Å²) in [5.74, 6) is -1.33. The predicted octanol–water partition coefficient (Wildman–Crippen LogP) is 2.07. The van der Waals surface area contributed by atoms with Gasteiger partial charge in [-0.1, -0.05) is 6.42 Å². The molecule has 6 nitrogen and oxygen atoms in total. The van der Waals surface area contributed by atoms with Crippen molar-refractivity contribution in [1.82, 2.24) is 10.3 Å². The van der Waals surface area contributed by atoms with Gasteiger partial charge < -0.3 is 15.7 Å². The molecule has 1 fully saturated rings. The van der Waals surface area contributed by atoms with Crippen molar-refractivity contribution in [2.24, 2.45) is 5.92 Å². The van der Waals surface area contributed by atoms with Gasteiger partial charge in [0.2, 0.25) is 0 Å². The van der Waals surface area contributed by atoms with Gasteiger partial charge in [0.1, 0.15) is 0 Å². The highest BCUT2D eigenvalue weighted by atomic mass is 16.4. The molecular weight excluding hydrogens is 258 g/mol. The monoisotopic (exact) mass is 277 g/mol. The van der Waals surface area contributed by atoms with Gasteiger partial charge in [-0.2, -0.15) is 0 Å². The molecule has 108 valence electrons. The molecule has 0 aliphatic heterocycles. The second-order valence-corrected chi connectivity index (χ2v) is 5.17. The standard InChI is InChI=1S/C14H19N3O3/c1-8-6-7-11(9(2)15-8)16-14(20)17-12-5-3-4-10(12)13(18)19/h6-7,10,12H,3-5H2,1-2H3,(H,18,19)(H2,16,17,20). The van der Waals surface area contributed by atoms with Crippen LogP contribution in [0.3, 0.4) is 0 Å². The van der Waals surface area contributed by atoms with Crippen LogP contribution in [0.25, 0.3) is 0 Å². The average molecular weight is 277 g/mol. The zero-order chi connectivity index (χ0) is 14.7. The Morgan fingerprint density at radius 1 is 1.30 bits per heavy atom. The number of nitrogens with one attached hydrogen (secondary N) is 2. The van der Waals surface area contributed by atoms with Crippen LogP contribution < -0.4 is 10.6 Å². The third kappa shape index (κ3) is 3.26. The van der Waals surface area contributed by atoms with E-state index in [1.807, 2.05) is 19.9 Å². The molecular formula is C14H19N3O3. The molecule has 0 spiro atoms. The summed E-state index contributed by atoms with van der Waals surface area (Å²) in [4.78, 5) is 27.3. The van der Waals surface area contributed by atoms with Gasteiger partial charge in [0.05, 0.1) is 17.3 Å². The van der Waals surface area contributed by atoms with Gasteiger partial charge in [0.25, 0.3) is 0 Å². The van der Waals surface area contributed by atoms with E-state index in [0.29, 0.717) is 18.5 Å². The van der Waals surface area contributed by atoms with Crippen molar-refractivity contribution in [3.63, 3.8) is 0 Å². The SMILES string of the molecule is Cc1ccc(NC(=O)NC2CCCC2C(=O)O)c(C)n1. The highest BCUT2D eigenvalue weighted by Crippen LogP contribution is 2.26. The van der Waals surface area contributed by atoms with E-state index in [0.717, 1.165) is 17.8 Å². The van der Waals surface area contributed by atoms with E-state index in [4.69, 9.17) is 5.11 Å². The number of carboxylic acid groups (broad SMARTS) is 1. The lowest BCUT2D eigenvalue weighted by Gasteiger charge is -2.18. The van der Waals surface area contributed by atoms with Crippen molar-refractivity contribution in [3.8, 4) is 0 Å². The van der Waals surface area contributed by atoms with Crippen LogP contribution in [-0.4, -0.2) is 28.1 Å². The molecule has 3 N–H and O–H groups in total. The molecule has 2 rings (SSSR count). The molecule has 1 aromatic heterocycles. The third-order valence-corrected chi connectivity index (χ3v) is 3.62. The van der Waals surface area contributed by atoms with E-state index in [-0.39, 0.29) is 12.1 Å². The van der Waals surface area contributed by atoms with Crippen LogP contribution in [0.4, 0.5) is 10.5 Å². The third-order valence-electron chi connectivity index (χ3n) is 3.62. The maximum Gasteiger partial charge on any atom is 0.319 e. The topological polar surface area (TPSA) is 91.3 Å². The summed E-state index contributed by atoms with van der Waals surface area (Å²) in [7, 11) is 0. The van der Waals surface area contributed by atoms with Crippen molar-refractivity contribution >= 4 is 17.7 Å². The summed E-state index contributed by atoms with van der Waals surface area (Å²) >= 11 is 0. The molecule has 6 heteroatoms. The highest BCUT2D eigenvalue weighted by Gasteiger charge is 2.33. The van der Waals surface area contributed by atoms with Crippen LogP contribution in [0.1, 0.15) is 30.7 Å². The summed E-state index contributed by atoms with van der Waals surface area (Å²) < 4.78 is 0. The van der Waals surface area contributed by atoms with Crippen LogP contribution in [-0.2, 0) is 4.79 Å². The van der Waals surface area contributed by atoms with E-state index >= 15 is 0 Å². The molecule has 1 saturated carbocycles. The molecule has 1 aromatic rings. The van der Waals surface area contributed by atoms with E-state index in [9.17, 15) is 9.59 Å². The molecule has 20 heavy (non-hydrogen) atoms. The van der Waals surface area contributed by atoms with Crippen molar-refractivity contribution < 1.29 is 14.7 Å². The summed E-state index contributed by atoms with van der Waals surface area (Å²) in [6.07, 6.45) is 2.15. The number of nitrogens with zero attached hydrogens (tertiary/aromatic N) is 1. The van der Waals surface area contributed by atoms with Crippen molar-refractivity contribution in [2.75, 3.05) is 5.32 Å². The van der Waals surface area contributed by atoms with E-state index in [1.54, 1.807) is 6.07 Å². The molecule has 2 unspecified atom stereocenters. The lowest BCUT2D eigenvalue weighted by molar-refractivity contribution is -0.142. The number of aryl methyl sites for hydroxylation is 2. The van der Waals surface area contributed by atoms with Crippen molar-refractivity contribution in [2.45, 2.75) is 39.2 Å². The first-order valence-corrected chi connectivity index (χ1v) is 6.72. The lowest BCUT2D eigenvalue weighted by atomic mass is 10.0. The number of hydrogen-bond donors (Lipinski definition) is 3. The molecule has 0 radical (unpaired) electrons. The normalized spacial score (nSPS) is 21.5. The van der Waals surface area contributed by atoms with Gasteiger partial charge in [-0.15, -0.1) is 0 Å². The fraction of sp³-hybridized carbons (Fsp3) is 0.500. The first-order valence-electron chi connectivity index (χ1n) is 6.72. The number of rotatable bonds is 3. The number of carbonyl (C=O) groups is 2. The summed E-state index contributed by atoms with van der Waals surface area (Å²) in [6.45, 7) is 3.70. The molecule has 1 aliphatic rings. The van der Waals surface area contributed by atoms with E-state index in [2.05, 4.69) is 15.6 Å². The molecule has 0 bridgehead atoms. The van der Waals surface area contributed by atoms with Crippen molar-refractivity contribution in [3.05, 3.63) is 23.5 Å². The molecule has 0 saturated heterocycles. The predicted molar refractivity (Wildman–Crippen MR) is 74.6 cm³/mol. The number of pyridine rings is 1. The number of urea groups is 1. The average Bonchev–Trinajstić information content (AvgIpc) is 2.81. The zero-order valence-electron chi connectivity index (χ0n) is 11.6. The fourth-order valence-electron chi connectivity index (χ4n) is 2.57. The summed E-state index contributed by atoms with van der Waals surface area (Å²) in [5, 5.41) is 14.5. The Balaban J connectivity index is 1.97. The Hall–Kier alpha value is -2.11. The first-order chi connectivity index (χ1) is 9.47. The zero-order valence-corrected chi connectivity index (χ0v) is 11.6. The Kier molecular flexibility index (Phi) is 4.22. The minimum Gasteiger partial charge on any atom is -0.481 e. The maximum absolute atomic E-state index is 11.9. The minimum absolute atomic E-state index is 0.300. The van der Waals surface area contributed by atoms with Crippen molar-refractivity contribution in [1.29, 1.82) is 0 Å². The smallest absolute Gasteiger partial charge is 0.319 e. The molecule has 1 aliphatic carbocycles. The summed E-state index contributed by atoms with van der Waals surface area (Å²) in [5.41, 5.74) is 2.26. The van der Waals surface area contributed by atoms with Gasteiger partial charge in [0.15, 0.2) is 0 Å². The van der Waals surface area contributed by atoms with Crippen LogP contribution in [0, 0.1) is 19.8 Å². The van der Waals surface area contributed by atoms with Crippen LogP contribution >= 0.6 is 0 Å². The number of anilines is 1. The number of hydrogen-bond acceptors (Lipinski definition) is 3. The van der Waals surface area contributed by atoms with Crippen LogP contribution in [0.2, 0.25) is 0 Å². The molecule has 0 aromatic carbocycles. The number of carboxylic acids is 1. The van der Waals surface area contributed by atoms with Gasteiger partial charge >= 0.3 is 12.0 Å². The van der Waals surface area contributed by atoms with Gasteiger partial charge in [-0.05, 0) is 38.8 Å². The fourth-order valence-corrected chi connectivity index (χ4v) is 2.57. The highest BCUT2D eigenvalue weighted by molar-refractivity contribution is 5.90. The second-order valence-electron chi connectivity index (χ2n) is 5.17. The summed E-state index contributed by atoms with van der Waals surface area (Å²) in [6, 6.07) is 2.93. The Bertz CT molecular complexity index is 530. The Labute approximate surface area is 117 Å². The van der Waals surface area contributed by atoms with E-state index < -0.39 is 11.9 Å². The first kappa shape index (κ1) is 14.3. The van der Waals surface area contributed by atoms with Gasteiger partial charge in [-0.3, -0.25) is 9.78 Å². The van der Waals surface area contributed by atoms with Gasteiger partial charge in [-0.25, -0.2) is 4.79 Å². The lowest BCUT2D eigenvalue weighted by Crippen LogP contribution is -2.42. The van der Waals surface area contributed by atoms with Crippen LogP contribution in [0.5, 0.6) is 0 Å². The minimum atomic E-state index is -0.846. The van der Waals surface area contributed by atoms with Crippen LogP contribution in [0.15, 0.2) is 12.1 Å². The maximum atomic E-state index is 11.9. The number of aliphatic carboxylic acids is 1. The molecule has 2 amide bonds. The Morgan fingerprint density at radius 2 is 2.05 bits per heavy atom. The quantitative estimate of drug-likeness (QED) is 0.788. The van der Waals surface area contributed by atoms with E-state index in [1.165, 1.54) is 0 Å². The Morgan fingerprint density at radius 3 is 2.70 bits per heavy atom. The van der Waals surface area contributed by atoms with Gasteiger partial charge in [0, 0.05) is 11.7 Å². The molecule has 1 heterocycles. The number of carbonyl (C=O) groups excluding carboxylic acids is 1. The number of aromatic nitrogens is 1. The largest absolute Gasteiger partial charge is 0.481 e. The number of amides is 2. The second kappa shape index (κ2) is 5.90.